The third kappa shape index (κ3) is 2.29. The Morgan fingerprint density at radius 1 is 1.33 bits per heavy atom. The minimum atomic E-state index is -1.12. The Bertz CT molecular complexity index is 727. The Morgan fingerprint density at radius 3 is 2.76 bits per heavy atom. The first kappa shape index (κ1) is 13.7. The summed E-state index contributed by atoms with van der Waals surface area (Å²) >= 11 is 0. The van der Waals surface area contributed by atoms with Gasteiger partial charge in [-0.3, -0.25) is 0 Å². The van der Waals surface area contributed by atoms with Crippen LogP contribution in [0.25, 0.3) is 5.69 Å². The number of fused-ring (bicyclic) bond motifs is 1. The van der Waals surface area contributed by atoms with Crippen LogP contribution in [0, 0.1) is 11.6 Å². The number of hydrogen-bond donors (Lipinski definition) is 1. The van der Waals surface area contributed by atoms with E-state index in [1.807, 2.05) is 11.9 Å². The summed E-state index contributed by atoms with van der Waals surface area (Å²) in [6.07, 6.45) is 0.602. The zero-order valence-electron chi connectivity index (χ0n) is 11.3. The van der Waals surface area contributed by atoms with Crippen LogP contribution < -0.4 is 0 Å². The number of carboxylic acid groups (broad SMARTS) is 1. The van der Waals surface area contributed by atoms with Gasteiger partial charge in [-0.05, 0) is 19.2 Å². The van der Waals surface area contributed by atoms with Crippen LogP contribution in [-0.4, -0.2) is 39.3 Å². The summed E-state index contributed by atoms with van der Waals surface area (Å²) in [4.78, 5) is 13.3. The van der Waals surface area contributed by atoms with Gasteiger partial charge in [0.1, 0.15) is 0 Å². The van der Waals surface area contributed by atoms with Crippen molar-refractivity contribution in [3.8, 4) is 5.69 Å². The van der Waals surface area contributed by atoms with E-state index in [1.54, 1.807) is 0 Å². The number of aromatic nitrogens is 2. The number of benzene rings is 1. The van der Waals surface area contributed by atoms with Crippen molar-refractivity contribution in [2.24, 2.45) is 0 Å². The fourth-order valence-electron chi connectivity index (χ4n) is 2.56. The molecule has 0 atom stereocenters. The van der Waals surface area contributed by atoms with E-state index in [4.69, 9.17) is 0 Å². The number of likely N-dealkylation sites (N-methyl/N-ethyl adjacent to an activating group) is 1. The summed E-state index contributed by atoms with van der Waals surface area (Å²) in [5, 5.41) is 13.3. The van der Waals surface area contributed by atoms with Crippen molar-refractivity contribution in [3.63, 3.8) is 0 Å². The second-order valence-electron chi connectivity index (χ2n) is 5.08. The number of rotatable bonds is 2. The molecule has 2 aromatic rings. The van der Waals surface area contributed by atoms with Crippen molar-refractivity contribution < 1.29 is 18.7 Å². The van der Waals surface area contributed by atoms with Gasteiger partial charge in [-0.25, -0.2) is 18.3 Å². The number of carboxylic acids is 1. The zero-order valence-corrected chi connectivity index (χ0v) is 11.3. The molecule has 1 aliphatic rings. The monoisotopic (exact) mass is 293 g/mol. The van der Waals surface area contributed by atoms with E-state index in [0.29, 0.717) is 24.2 Å². The maximum atomic E-state index is 13.4. The summed E-state index contributed by atoms with van der Waals surface area (Å²) < 4.78 is 27.8. The lowest BCUT2D eigenvalue weighted by molar-refractivity contribution is 0.0687. The van der Waals surface area contributed by atoms with E-state index in [1.165, 1.54) is 10.7 Å². The minimum Gasteiger partial charge on any atom is -0.476 e. The molecule has 5 nitrogen and oxygen atoms in total. The standard InChI is InChI=1S/C14H13F2N3O2/c1-18-5-4-12-9(7-18)13(14(20)21)17-19(12)8-2-3-10(15)11(16)6-8/h2-3,6H,4-5,7H2,1H3,(H,20,21). The van der Waals surface area contributed by atoms with E-state index in [9.17, 15) is 18.7 Å². The molecule has 0 radical (unpaired) electrons. The second-order valence-corrected chi connectivity index (χ2v) is 5.08. The number of carbonyl (C=O) groups is 1. The third-order valence-corrected chi connectivity index (χ3v) is 3.60. The maximum Gasteiger partial charge on any atom is 0.356 e. The van der Waals surface area contributed by atoms with E-state index in [2.05, 4.69) is 5.10 Å². The first-order chi connectivity index (χ1) is 9.97. The number of hydrogen-bond acceptors (Lipinski definition) is 3. The fraction of sp³-hybridized carbons (Fsp3) is 0.286. The molecule has 7 heteroatoms. The molecule has 0 amide bonds. The smallest absolute Gasteiger partial charge is 0.356 e. The summed E-state index contributed by atoms with van der Waals surface area (Å²) in [6, 6.07) is 3.41. The van der Waals surface area contributed by atoms with E-state index in [-0.39, 0.29) is 5.69 Å². The van der Waals surface area contributed by atoms with Crippen molar-refractivity contribution >= 4 is 5.97 Å². The molecule has 110 valence electrons. The molecule has 2 heterocycles. The van der Waals surface area contributed by atoms with Crippen molar-refractivity contribution in [1.82, 2.24) is 14.7 Å². The molecule has 1 N–H and O–H groups in total. The normalized spacial score (nSPS) is 15.0. The molecule has 0 unspecified atom stereocenters. The second kappa shape index (κ2) is 4.92. The fourth-order valence-corrected chi connectivity index (χ4v) is 2.56. The number of nitrogens with zero attached hydrogens (tertiary/aromatic N) is 3. The lowest BCUT2D eigenvalue weighted by Crippen LogP contribution is -2.28. The van der Waals surface area contributed by atoms with Gasteiger partial charge in [-0.15, -0.1) is 0 Å². The van der Waals surface area contributed by atoms with Crippen LogP contribution in [0.1, 0.15) is 21.7 Å². The molecule has 0 saturated heterocycles. The Hall–Kier alpha value is -2.28. The molecule has 0 bridgehead atoms. The van der Waals surface area contributed by atoms with Gasteiger partial charge >= 0.3 is 5.97 Å². The van der Waals surface area contributed by atoms with Crippen LogP contribution in [0.2, 0.25) is 0 Å². The van der Waals surface area contributed by atoms with Gasteiger partial charge in [-0.2, -0.15) is 5.10 Å². The van der Waals surface area contributed by atoms with Gasteiger partial charge in [0.15, 0.2) is 17.3 Å². The predicted molar refractivity (Wildman–Crippen MR) is 70.5 cm³/mol. The van der Waals surface area contributed by atoms with Crippen molar-refractivity contribution in [3.05, 3.63) is 46.8 Å². The summed E-state index contributed by atoms with van der Waals surface area (Å²) in [5.41, 5.74) is 1.64. The molecule has 0 spiro atoms. The highest BCUT2D eigenvalue weighted by molar-refractivity contribution is 5.87. The molecule has 0 fully saturated rings. The Labute approximate surface area is 119 Å². The van der Waals surface area contributed by atoms with Gasteiger partial charge in [0.25, 0.3) is 0 Å². The zero-order chi connectivity index (χ0) is 15.1. The molecule has 3 rings (SSSR count). The average Bonchev–Trinajstić information content (AvgIpc) is 2.80. The Morgan fingerprint density at radius 2 is 2.10 bits per heavy atom. The lowest BCUT2D eigenvalue weighted by Gasteiger charge is -2.23. The van der Waals surface area contributed by atoms with Crippen molar-refractivity contribution in [1.29, 1.82) is 0 Å². The topological polar surface area (TPSA) is 58.4 Å². The lowest BCUT2D eigenvalue weighted by atomic mass is 10.1. The van der Waals surface area contributed by atoms with Crippen molar-refractivity contribution in [2.75, 3.05) is 13.6 Å². The highest BCUT2D eigenvalue weighted by Crippen LogP contribution is 2.25. The molecule has 0 saturated carbocycles. The molecular formula is C14H13F2N3O2. The molecule has 0 aliphatic carbocycles. The van der Waals surface area contributed by atoms with Gasteiger partial charge in [0, 0.05) is 31.1 Å². The largest absolute Gasteiger partial charge is 0.476 e. The predicted octanol–water partition coefficient (Wildman–Crippen LogP) is 1.84. The summed E-state index contributed by atoms with van der Waals surface area (Å²) in [5.74, 6) is -3.05. The average molecular weight is 293 g/mol. The van der Waals surface area contributed by atoms with Crippen LogP contribution in [0.4, 0.5) is 8.78 Å². The van der Waals surface area contributed by atoms with Crippen LogP contribution in [-0.2, 0) is 13.0 Å². The Kier molecular flexibility index (Phi) is 3.21. The first-order valence-electron chi connectivity index (χ1n) is 6.45. The van der Waals surface area contributed by atoms with Crippen LogP contribution in [0.5, 0.6) is 0 Å². The van der Waals surface area contributed by atoms with Crippen LogP contribution in [0.15, 0.2) is 18.2 Å². The third-order valence-electron chi connectivity index (χ3n) is 3.60. The number of aromatic carboxylic acids is 1. The van der Waals surface area contributed by atoms with E-state index >= 15 is 0 Å². The SMILES string of the molecule is CN1CCc2c(c(C(=O)O)nn2-c2ccc(F)c(F)c2)C1. The minimum absolute atomic E-state index is 0.0405. The molecular weight excluding hydrogens is 280 g/mol. The molecule has 1 aromatic carbocycles. The highest BCUT2D eigenvalue weighted by Gasteiger charge is 2.27. The maximum absolute atomic E-state index is 13.4. The van der Waals surface area contributed by atoms with Crippen LogP contribution >= 0.6 is 0 Å². The quantitative estimate of drug-likeness (QED) is 0.918. The molecule has 1 aromatic heterocycles. The summed E-state index contributed by atoms with van der Waals surface area (Å²) in [6.45, 7) is 1.22. The first-order valence-corrected chi connectivity index (χ1v) is 6.45. The van der Waals surface area contributed by atoms with Crippen LogP contribution in [0.3, 0.4) is 0 Å². The number of halogens is 2. The van der Waals surface area contributed by atoms with E-state index < -0.39 is 17.6 Å². The van der Waals surface area contributed by atoms with Gasteiger partial charge in [0.05, 0.1) is 11.4 Å². The van der Waals surface area contributed by atoms with Gasteiger partial charge in [0.2, 0.25) is 0 Å². The van der Waals surface area contributed by atoms with Crippen molar-refractivity contribution in [2.45, 2.75) is 13.0 Å². The Balaban J connectivity index is 2.17. The molecule has 21 heavy (non-hydrogen) atoms. The van der Waals surface area contributed by atoms with Gasteiger partial charge in [-0.1, -0.05) is 0 Å². The summed E-state index contributed by atoms with van der Waals surface area (Å²) in [7, 11) is 1.89. The van der Waals surface area contributed by atoms with Gasteiger partial charge < -0.3 is 10.0 Å². The highest BCUT2D eigenvalue weighted by atomic mass is 19.2. The van der Waals surface area contributed by atoms with E-state index in [0.717, 1.165) is 24.4 Å². The molecule has 1 aliphatic heterocycles.